The van der Waals surface area contributed by atoms with E-state index in [-0.39, 0.29) is 12.1 Å². The van der Waals surface area contributed by atoms with Crippen LogP contribution in [0.2, 0.25) is 0 Å². The number of rotatable bonds is 1. The van der Waals surface area contributed by atoms with Gasteiger partial charge in [0.1, 0.15) is 4.88 Å². The molecule has 2 heterocycles. The summed E-state index contributed by atoms with van der Waals surface area (Å²) in [7, 11) is 0. The molecule has 4 unspecified atom stereocenters. The number of hydrogen-bond acceptors (Lipinski definition) is 3. The van der Waals surface area contributed by atoms with Gasteiger partial charge in [-0.15, -0.1) is 11.3 Å². The second-order valence-corrected chi connectivity index (χ2v) is 5.52. The van der Waals surface area contributed by atoms with Crippen molar-refractivity contribution in [2.24, 2.45) is 17.6 Å². The van der Waals surface area contributed by atoms with Gasteiger partial charge in [-0.1, -0.05) is 0 Å². The summed E-state index contributed by atoms with van der Waals surface area (Å²) in [5.41, 5.74) is 5.83. The molecule has 1 saturated carbocycles. The average Bonchev–Trinajstić information content (AvgIpc) is 2.69. The first-order chi connectivity index (χ1) is 7.48. The molecule has 0 amide bonds. The van der Waals surface area contributed by atoms with Gasteiger partial charge in [0.05, 0.1) is 0 Å². The fourth-order valence-electron chi connectivity index (χ4n) is 2.53. The zero-order chi connectivity index (χ0) is 11.5. The molecule has 1 saturated heterocycles. The van der Waals surface area contributed by atoms with Gasteiger partial charge in [0.25, 0.3) is 0 Å². The molecular formula is C10H11F3N2S. The van der Waals surface area contributed by atoms with Crippen molar-refractivity contribution >= 4 is 11.3 Å². The molecular weight excluding hydrogens is 237 g/mol. The Morgan fingerprint density at radius 1 is 1.38 bits per heavy atom. The highest BCUT2D eigenvalue weighted by atomic mass is 32.1. The molecule has 2 fully saturated rings. The Labute approximate surface area is 94.6 Å². The van der Waals surface area contributed by atoms with E-state index in [1.165, 1.54) is 0 Å². The van der Waals surface area contributed by atoms with Crippen LogP contribution in [-0.2, 0) is 6.18 Å². The number of halogens is 3. The van der Waals surface area contributed by atoms with Gasteiger partial charge in [0.2, 0.25) is 0 Å². The Morgan fingerprint density at radius 3 is 2.62 bits per heavy atom. The lowest BCUT2D eigenvalue weighted by Crippen LogP contribution is -2.25. The van der Waals surface area contributed by atoms with Gasteiger partial charge in [-0.05, 0) is 18.1 Å². The highest BCUT2D eigenvalue weighted by Crippen LogP contribution is 2.52. The van der Waals surface area contributed by atoms with Crippen LogP contribution in [-0.4, -0.2) is 12.6 Å². The average molecular weight is 248 g/mol. The third-order valence-electron chi connectivity index (χ3n) is 3.46. The normalized spacial score (nSPS) is 37.5. The highest BCUT2D eigenvalue weighted by molar-refractivity contribution is 7.12. The van der Waals surface area contributed by atoms with Crippen molar-refractivity contribution in [3.05, 3.63) is 21.9 Å². The van der Waals surface area contributed by atoms with E-state index in [0.29, 0.717) is 11.8 Å². The van der Waals surface area contributed by atoms with Crippen molar-refractivity contribution in [3.8, 4) is 0 Å². The van der Waals surface area contributed by atoms with Gasteiger partial charge < -0.3 is 11.1 Å². The molecule has 0 radical (unpaired) electrons. The quantitative estimate of drug-likeness (QED) is 0.797. The Hall–Kier alpha value is -0.590. The van der Waals surface area contributed by atoms with Gasteiger partial charge in [0, 0.05) is 29.4 Å². The molecule has 2 aliphatic rings. The van der Waals surface area contributed by atoms with Crippen molar-refractivity contribution < 1.29 is 13.2 Å². The maximum Gasteiger partial charge on any atom is 0.425 e. The molecule has 1 aliphatic carbocycles. The van der Waals surface area contributed by atoms with Gasteiger partial charge in [-0.25, -0.2) is 0 Å². The van der Waals surface area contributed by atoms with Crippen LogP contribution in [0.15, 0.2) is 12.1 Å². The molecule has 4 atom stereocenters. The van der Waals surface area contributed by atoms with Crippen LogP contribution in [0.4, 0.5) is 13.2 Å². The molecule has 2 nitrogen and oxygen atoms in total. The Kier molecular flexibility index (Phi) is 2.12. The summed E-state index contributed by atoms with van der Waals surface area (Å²) in [6.07, 6.45) is -4.23. The Morgan fingerprint density at radius 2 is 2.12 bits per heavy atom. The van der Waals surface area contributed by atoms with Crippen LogP contribution in [0.3, 0.4) is 0 Å². The van der Waals surface area contributed by atoms with Crippen molar-refractivity contribution in [1.82, 2.24) is 5.32 Å². The molecule has 1 aromatic rings. The van der Waals surface area contributed by atoms with E-state index in [4.69, 9.17) is 5.73 Å². The number of piperidine rings is 1. The SMILES string of the molecule is NC1C2CNC(c3ccc(C(F)(F)F)s3)C12. The molecule has 3 N–H and O–H groups in total. The summed E-state index contributed by atoms with van der Waals surface area (Å²) >= 11 is 0.826. The van der Waals surface area contributed by atoms with Crippen molar-refractivity contribution in [2.45, 2.75) is 18.3 Å². The van der Waals surface area contributed by atoms with Crippen molar-refractivity contribution in [1.29, 1.82) is 0 Å². The summed E-state index contributed by atoms with van der Waals surface area (Å²) in [4.78, 5) is 0.231. The second-order valence-electron chi connectivity index (χ2n) is 4.40. The van der Waals surface area contributed by atoms with E-state index in [0.717, 1.165) is 28.8 Å². The number of hydrogen-bond donors (Lipinski definition) is 2. The smallest absolute Gasteiger partial charge is 0.327 e. The lowest BCUT2D eigenvalue weighted by atomic mass is 10.1. The molecule has 6 heteroatoms. The van der Waals surface area contributed by atoms with Crippen LogP contribution in [0.1, 0.15) is 15.8 Å². The molecule has 0 spiro atoms. The topological polar surface area (TPSA) is 38.0 Å². The van der Waals surface area contributed by atoms with E-state index in [2.05, 4.69) is 5.32 Å². The molecule has 0 aromatic carbocycles. The van der Waals surface area contributed by atoms with Crippen molar-refractivity contribution in [3.63, 3.8) is 0 Å². The summed E-state index contributed by atoms with van der Waals surface area (Å²) < 4.78 is 37.3. The number of nitrogens with one attached hydrogen (secondary N) is 1. The maximum atomic E-state index is 12.4. The Balaban J connectivity index is 1.83. The van der Waals surface area contributed by atoms with Gasteiger partial charge >= 0.3 is 6.18 Å². The fraction of sp³-hybridized carbons (Fsp3) is 0.600. The first kappa shape index (κ1) is 10.6. The Bertz CT molecular complexity index is 414. The molecule has 16 heavy (non-hydrogen) atoms. The largest absolute Gasteiger partial charge is 0.425 e. The molecule has 1 aliphatic heterocycles. The zero-order valence-corrected chi connectivity index (χ0v) is 9.11. The standard InChI is InChI=1S/C10H11F3N2S/c11-10(12,13)6-2-1-5(16-6)9-7-4(3-15-9)8(7)14/h1-2,4,7-9,15H,3,14H2. The fourth-order valence-corrected chi connectivity index (χ4v) is 3.54. The van der Waals surface area contributed by atoms with E-state index in [1.54, 1.807) is 6.07 Å². The monoisotopic (exact) mass is 248 g/mol. The minimum absolute atomic E-state index is 0.0288. The van der Waals surface area contributed by atoms with E-state index in [9.17, 15) is 13.2 Å². The van der Waals surface area contributed by atoms with E-state index >= 15 is 0 Å². The number of thiophene rings is 1. The van der Waals surface area contributed by atoms with Crippen LogP contribution in [0.25, 0.3) is 0 Å². The van der Waals surface area contributed by atoms with Crippen LogP contribution in [0.5, 0.6) is 0 Å². The van der Waals surface area contributed by atoms with Gasteiger partial charge in [-0.3, -0.25) is 0 Å². The predicted molar refractivity (Wildman–Crippen MR) is 55.0 cm³/mol. The van der Waals surface area contributed by atoms with Crippen LogP contribution in [0, 0.1) is 11.8 Å². The minimum atomic E-state index is -4.23. The summed E-state index contributed by atoms with van der Waals surface area (Å²) in [6, 6.07) is 2.92. The number of fused-ring (bicyclic) bond motifs is 1. The molecule has 1 aromatic heterocycles. The lowest BCUT2D eigenvalue weighted by Gasteiger charge is -2.12. The predicted octanol–water partition coefficient (Wildman–Crippen LogP) is 1.98. The molecule has 0 bridgehead atoms. The maximum absolute atomic E-state index is 12.4. The van der Waals surface area contributed by atoms with E-state index in [1.807, 2.05) is 0 Å². The van der Waals surface area contributed by atoms with Gasteiger partial charge in [0.15, 0.2) is 0 Å². The molecule has 88 valence electrons. The van der Waals surface area contributed by atoms with Crippen molar-refractivity contribution in [2.75, 3.05) is 6.54 Å². The summed E-state index contributed by atoms with van der Waals surface area (Å²) in [5.74, 6) is 0.793. The highest BCUT2D eigenvalue weighted by Gasteiger charge is 2.56. The minimum Gasteiger partial charge on any atom is -0.327 e. The third kappa shape index (κ3) is 1.48. The number of nitrogens with two attached hydrogens (primary N) is 1. The van der Waals surface area contributed by atoms with Crippen LogP contribution >= 0.6 is 11.3 Å². The zero-order valence-electron chi connectivity index (χ0n) is 8.29. The third-order valence-corrected chi connectivity index (χ3v) is 4.68. The lowest BCUT2D eigenvalue weighted by molar-refractivity contribution is -0.134. The second kappa shape index (κ2) is 3.21. The van der Waals surface area contributed by atoms with Gasteiger partial charge in [-0.2, -0.15) is 13.2 Å². The summed E-state index contributed by atoms with van der Waals surface area (Å²) in [6.45, 7) is 0.829. The van der Waals surface area contributed by atoms with Crippen LogP contribution < -0.4 is 11.1 Å². The summed E-state index contributed by atoms with van der Waals surface area (Å²) in [5, 5.41) is 3.23. The first-order valence-electron chi connectivity index (χ1n) is 5.14. The van der Waals surface area contributed by atoms with E-state index < -0.39 is 11.1 Å². The number of alkyl halides is 3. The first-order valence-corrected chi connectivity index (χ1v) is 5.96. The molecule has 3 rings (SSSR count).